The van der Waals surface area contributed by atoms with Crippen LogP contribution in [0.15, 0.2) is 60.7 Å². The Balaban J connectivity index is 1.21. The standard InChI is InChI=1S/C30H26ClN9O4/c31-23-5-2-6-24(36-23)37-29(43)27-17-7-9-20(12-17)40(27)25(41)15-39-22-10-8-19(13-21(22)26(38-39)28(33)42)35-30(44)34-18-4-1-3-16(11-18)14-32/h1-6,8,10-11,13,17,20,27H,7,9,12,15H2,(H2,33,42)(H2,34,35,44)(H,36,37,43)/t17-,20+,27-/m0/s1. The highest BCUT2D eigenvalue weighted by atomic mass is 35.5. The van der Waals surface area contributed by atoms with Crippen LogP contribution in [0.4, 0.5) is 22.0 Å². The lowest BCUT2D eigenvalue weighted by Crippen LogP contribution is -2.52. The van der Waals surface area contributed by atoms with Crippen molar-refractivity contribution in [2.45, 2.75) is 37.9 Å². The number of likely N-dealkylation sites (tertiary alicyclic amines) is 1. The zero-order valence-corrected chi connectivity index (χ0v) is 23.9. The van der Waals surface area contributed by atoms with Crippen LogP contribution >= 0.6 is 11.6 Å². The van der Waals surface area contributed by atoms with Crippen molar-refractivity contribution in [1.29, 1.82) is 5.26 Å². The number of pyridine rings is 1. The van der Waals surface area contributed by atoms with E-state index in [-0.39, 0.29) is 41.2 Å². The fourth-order valence-electron chi connectivity index (χ4n) is 6.09. The van der Waals surface area contributed by atoms with Gasteiger partial charge in [-0.15, -0.1) is 0 Å². The Hall–Kier alpha value is -5.48. The molecule has 5 N–H and O–H groups in total. The van der Waals surface area contributed by atoms with Crippen LogP contribution in [0.25, 0.3) is 10.9 Å². The second kappa shape index (κ2) is 11.7. The molecule has 13 nitrogen and oxygen atoms in total. The molecule has 1 saturated heterocycles. The summed E-state index contributed by atoms with van der Waals surface area (Å²) < 4.78 is 1.38. The number of aromatic nitrogens is 3. The first kappa shape index (κ1) is 28.6. The van der Waals surface area contributed by atoms with E-state index in [0.717, 1.165) is 19.3 Å². The van der Waals surface area contributed by atoms with Gasteiger partial charge < -0.3 is 26.6 Å². The van der Waals surface area contributed by atoms with Crippen LogP contribution < -0.4 is 21.7 Å². The number of carbonyl (C=O) groups excluding carboxylic acids is 4. The summed E-state index contributed by atoms with van der Waals surface area (Å²) in [5, 5.41) is 22.1. The number of nitrogens with one attached hydrogen (secondary N) is 3. The molecule has 0 unspecified atom stereocenters. The third-order valence-electron chi connectivity index (χ3n) is 7.88. The van der Waals surface area contributed by atoms with E-state index in [1.807, 2.05) is 6.07 Å². The highest BCUT2D eigenvalue weighted by Gasteiger charge is 2.51. The number of anilines is 3. The molecule has 4 aromatic rings. The molecule has 14 heteroatoms. The molecule has 3 heterocycles. The largest absolute Gasteiger partial charge is 0.364 e. The van der Waals surface area contributed by atoms with Gasteiger partial charge in [-0.1, -0.05) is 23.7 Å². The molecule has 222 valence electrons. The number of hydrogen-bond acceptors (Lipinski definition) is 7. The first-order valence-corrected chi connectivity index (χ1v) is 14.2. The number of hydrogen-bond donors (Lipinski definition) is 4. The minimum Gasteiger partial charge on any atom is -0.364 e. The molecule has 2 aromatic heterocycles. The maximum absolute atomic E-state index is 13.7. The Kier molecular flexibility index (Phi) is 7.59. The van der Waals surface area contributed by atoms with Crippen molar-refractivity contribution < 1.29 is 19.2 Å². The van der Waals surface area contributed by atoms with Crippen LogP contribution in [0.3, 0.4) is 0 Å². The summed E-state index contributed by atoms with van der Waals surface area (Å²) >= 11 is 5.97. The number of nitrogens with two attached hydrogens (primary N) is 1. The molecule has 2 bridgehead atoms. The predicted octanol–water partition coefficient (Wildman–Crippen LogP) is 3.72. The number of benzene rings is 2. The van der Waals surface area contributed by atoms with Gasteiger partial charge in [-0.2, -0.15) is 10.4 Å². The monoisotopic (exact) mass is 611 g/mol. The number of amides is 5. The Morgan fingerprint density at radius 2 is 1.77 bits per heavy atom. The minimum absolute atomic E-state index is 0.0147. The van der Waals surface area contributed by atoms with Crippen LogP contribution in [-0.2, 0) is 16.1 Å². The van der Waals surface area contributed by atoms with Crippen molar-refractivity contribution in [3.63, 3.8) is 0 Å². The molecule has 5 amide bonds. The smallest absolute Gasteiger partial charge is 0.323 e. The summed E-state index contributed by atoms with van der Waals surface area (Å²) in [6.07, 6.45) is 2.34. The molecule has 1 aliphatic heterocycles. The van der Waals surface area contributed by atoms with Crippen molar-refractivity contribution in [1.82, 2.24) is 19.7 Å². The average Bonchev–Trinajstić information content (AvgIpc) is 3.71. The molecular weight excluding hydrogens is 586 g/mol. The van der Waals surface area contributed by atoms with E-state index >= 15 is 0 Å². The summed E-state index contributed by atoms with van der Waals surface area (Å²) in [5.74, 6) is -1.14. The Labute approximate surface area is 256 Å². The van der Waals surface area contributed by atoms with Crippen LogP contribution in [0.1, 0.15) is 35.3 Å². The Bertz CT molecular complexity index is 1870. The first-order valence-electron chi connectivity index (χ1n) is 13.8. The highest BCUT2D eigenvalue weighted by Crippen LogP contribution is 2.43. The summed E-state index contributed by atoms with van der Waals surface area (Å²) in [6, 6.07) is 16.8. The van der Waals surface area contributed by atoms with Crippen molar-refractivity contribution in [3.05, 3.63) is 77.1 Å². The van der Waals surface area contributed by atoms with E-state index in [1.165, 1.54) is 10.7 Å². The number of urea groups is 1. The van der Waals surface area contributed by atoms with Crippen molar-refractivity contribution in [2.75, 3.05) is 16.0 Å². The zero-order valence-electron chi connectivity index (χ0n) is 23.2. The molecule has 2 aliphatic rings. The fraction of sp³-hybridized carbons (Fsp3) is 0.233. The number of primary amides is 1. The molecule has 1 saturated carbocycles. The fourth-order valence-corrected chi connectivity index (χ4v) is 6.26. The first-order chi connectivity index (χ1) is 21.2. The molecular formula is C30H26ClN9O4. The molecule has 44 heavy (non-hydrogen) atoms. The van der Waals surface area contributed by atoms with Crippen molar-refractivity contribution >= 4 is 63.4 Å². The maximum atomic E-state index is 13.7. The third kappa shape index (κ3) is 5.62. The average molecular weight is 612 g/mol. The quantitative estimate of drug-likeness (QED) is 0.229. The molecule has 0 radical (unpaired) electrons. The van der Waals surface area contributed by atoms with Crippen LogP contribution in [0.2, 0.25) is 5.15 Å². The van der Waals surface area contributed by atoms with Gasteiger partial charge >= 0.3 is 6.03 Å². The molecule has 0 spiro atoms. The number of rotatable bonds is 7. The molecule has 3 atom stereocenters. The maximum Gasteiger partial charge on any atom is 0.323 e. The van der Waals surface area contributed by atoms with Crippen molar-refractivity contribution in [3.8, 4) is 6.07 Å². The van der Waals surface area contributed by atoms with E-state index in [4.69, 9.17) is 22.6 Å². The van der Waals surface area contributed by atoms with E-state index in [0.29, 0.717) is 33.7 Å². The van der Waals surface area contributed by atoms with Gasteiger partial charge in [0.05, 0.1) is 17.1 Å². The van der Waals surface area contributed by atoms with Gasteiger partial charge in [-0.25, -0.2) is 9.78 Å². The lowest BCUT2D eigenvalue weighted by atomic mass is 9.97. The van der Waals surface area contributed by atoms with Crippen molar-refractivity contribution in [2.24, 2.45) is 11.7 Å². The van der Waals surface area contributed by atoms with E-state index in [2.05, 4.69) is 26.0 Å². The summed E-state index contributed by atoms with van der Waals surface area (Å²) in [4.78, 5) is 57.7. The second-order valence-electron chi connectivity index (χ2n) is 10.7. The van der Waals surface area contributed by atoms with Gasteiger partial charge in [0, 0.05) is 22.8 Å². The summed E-state index contributed by atoms with van der Waals surface area (Å²) in [6.45, 7) is -0.227. The SMILES string of the molecule is N#Cc1cccc(NC(=O)Nc2ccc3c(c2)c(C(N)=O)nn3CC(=O)N2[C@@H]3CC[C@@H](C3)[C@H]2C(=O)Nc2cccc(Cl)n2)c1. The third-order valence-corrected chi connectivity index (χ3v) is 8.09. The van der Waals surface area contributed by atoms with Gasteiger partial charge in [0.1, 0.15) is 23.6 Å². The molecule has 6 rings (SSSR count). The van der Waals surface area contributed by atoms with Crippen LogP contribution in [-0.4, -0.2) is 55.5 Å². The topological polar surface area (TPSA) is 188 Å². The molecule has 1 aliphatic carbocycles. The normalized spacial score (nSPS) is 18.5. The van der Waals surface area contributed by atoms with E-state index in [9.17, 15) is 19.2 Å². The predicted molar refractivity (Wildman–Crippen MR) is 162 cm³/mol. The van der Waals surface area contributed by atoms with Gasteiger partial charge in [0.2, 0.25) is 11.8 Å². The number of carbonyl (C=O) groups is 4. The van der Waals surface area contributed by atoms with Crippen LogP contribution in [0.5, 0.6) is 0 Å². The van der Waals surface area contributed by atoms with Gasteiger partial charge in [0.25, 0.3) is 5.91 Å². The number of nitrogens with zero attached hydrogens (tertiary/aromatic N) is 5. The molecule has 2 fully saturated rings. The highest BCUT2D eigenvalue weighted by molar-refractivity contribution is 6.29. The zero-order chi connectivity index (χ0) is 31.0. The van der Waals surface area contributed by atoms with Gasteiger partial charge in [-0.05, 0) is 73.7 Å². The molecule has 2 aromatic carbocycles. The lowest BCUT2D eigenvalue weighted by molar-refractivity contribution is -0.141. The van der Waals surface area contributed by atoms with E-state index in [1.54, 1.807) is 59.5 Å². The Morgan fingerprint density at radius 3 is 2.52 bits per heavy atom. The minimum atomic E-state index is -0.803. The second-order valence-corrected chi connectivity index (χ2v) is 11.1. The lowest BCUT2D eigenvalue weighted by Gasteiger charge is -2.34. The van der Waals surface area contributed by atoms with Gasteiger partial charge in [0.15, 0.2) is 5.69 Å². The number of nitriles is 1. The number of halogens is 1. The van der Waals surface area contributed by atoms with Crippen LogP contribution in [0, 0.1) is 17.2 Å². The van der Waals surface area contributed by atoms with E-state index < -0.39 is 18.0 Å². The summed E-state index contributed by atoms with van der Waals surface area (Å²) in [7, 11) is 0. The number of fused-ring (bicyclic) bond motifs is 3. The number of piperidine rings is 1. The Morgan fingerprint density at radius 1 is 1.00 bits per heavy atom. The van der Waals surface area contributed by atoms with Gasteiger partial charge in [-0.3, -0.25) is 19.1 Å². The summed E-state index contributed by atoms with van der Waals surface area (Å²) in [5.41, 5.74) is 7.17.